The molecule has 0 saturated carbocycles. The number of hydrogen-bond acceptors (Lipinski definition) is 4. The van der Waals surface area contributed by atoms with Crippen molar-refractivity contribution in [2.45, 2.75) is 6.41 Å². The molecule has 2 saturated heterocycles. The van der Waals surface area contributed by atoms with Crippen LogP contribution in [0.2, 0.25) is 0 Å². The zero-order valence-electron chi connectivity index (χ0n) is 6.07. The second kappa shape index (κ2) is 1.73. The van der Waals surface area contributed by atoms with Crippen LogP contribution in [0.5, 0.6) is 0 Å². The van der Waals surface area contributed by atoms with Gasteiger partial charge in [0, 0.05) is 0 Å². The maximum Gasteiger partial charge on any atom is 0.399 e. The van der Waals surface area contributed by atoms with Crippen LogP contribution in [0.1, 0.15) is 0 Å². The Morgan fingerprint density at radius 3 is 2.09 bits per heavy atom. The first-order valence-corrected chi connectivity index (χ1v) is 3.33. The average molecular weight is 158 g/mol. The van der Waals surface area contributed by atoms with Crippen LogP contribution in [-0.2, 0) is 19.1 Å². The third kappa shape index (κ3) is 0.808. The fraction of sp³-hybridized carbons (Fsp3) is 0.667. The minimum Gasteiger partial charge on any atom is -0.372 e. The molecule has 0 N–H and O–H groups in total. The molecule has 0 bridgehead atoms. The second-order valence-corrected chi connectivity index (χ2v) is 3.08. The van der Waals surface area contributed by atoms with Crippen LogP contribution < -0.4 is 0 Å². The Balaban J connectivity index is 2.25. The average Bonchev–Trinajstić information content (AvgIpc) is 2.16. The SMILES string of the molecule is C[N+]12CC(=O)OC1OC(=O)C2. The predicted octanol–water partition coefficient (Wildman–Crippen LogP) is -1.17. The number of fused-ring (bicyclic) bond motifs is 1. The van der Waals surface area contributed by atoms with E-state index >= 15 is 0 Å². The van der Waals surface area contributed by atoms with Crippen LogP contribution in [0.15, 0.2) is 0 Å². The van der Waals surface area contributed by atoms with Gasteiger partial charge in [-0.15, -0.1) is 0 Å². The minimum atomic E-state index is -0.685. The Bertz CT molecular complexity index is 217. The molecule has 60 valence electrons. The minimum absolute atomic E-state index is 0.233. The lowest BCUT2D eigenvalue weighted by Crippen LogP contribution is -2.44. The molecule has 5 nitrogen and oxygen atoms in total. The number of carbonyl (C=O) groups excluding carboxylic acids is 2. The van der Waals surface area contributed by atoms with Crippen molar-refractivity contribution in [3.8, 4) is 0 Å². The van der Waals surface area contributed by atoms with Gasteiger partial charge in [-0.2, -0.15) is 0 Å². The van der Waals surface area contributed by atoms with Crippen molar-refractivity contribution in [2.24, 2.45) is 0 Å². The Hall–Kier alpha value is -1.10. The lowest BCUT2D eigenvalue weighted by atomic mass is 10.5. The number of hydrogen-bond donors (Lipinski definition) is 0. The van der Waals surface area contributed by atoms with Crippen LogP contribution in [0.3, 0.4) is 0 Å². The van der Waals surface area contributed by atoms with Gasteiger partial charge in [0.1, 0.15) is 0 Å². The molecule has 0 unspecified atom stereocenters. The largest absolute Gasteiger partial charge is 0.399 e. The quantitative estimate of drug-likeness (QED) is 0.329. The number of ether oxygens (including phenoxy) is 2. The first kappa shape index (κ1) is 6.60. The lowest BCUT2D eigenvalue weighted by molar-refractivity contribution is -0.931. The fourth-order valence-corrected chi connectivity index (χ4v) is 1.37. The van der Waals surface area contributed by atoms with Gasteiger partial charge in [0.05, 0.1) is 7.05 Å². The molecule has 2 aliphatic heterocycles. The molecule has 0 aromatic rings. The van der Waals surface area contributed by atoms with E-state index in [0.29, 0.717) is 0 Å². The summed E-state index contributed by atoms with van der Waals surface area (Å²) in [6.45, 7) is 0.465. The van der Waals surface area contributed by atoms with Crippen LogP contribution in [0.25, 0.3) is 0 Å². The number of likely N-dealkylation sites (N-methyl/N-ethyl adjacent to an activating group) is 1. The van der Waals surface area contributed by atoms with E-state index in [4.69, 9.17) is 9.47 Å². The molecular formula is C6H8NO4+. The zero-order valence-corrected chi connectivity index (χ0v) is 6.07. The summed E-state index contributed by atoms with van der Waals surface area (Å²) in [5.41, 5.74) is 0. The van der Waals surface area contributed by atoms with E-state index in [-0.39, 0.29) is 29.5 Å². The molecule has 0 atom stereocenters. The van der Waals surface area contributed by atoms with Crippen LogP contribution in [0, 0.1) is 0 Å². The molecule has 2 fully saturated rings. The number of carbonyl (C=O) groups is 2. The standard InChI is InChI=1S/C6H8NO4/c1-7-2-4(8)10-6(7)11-5(9)3-7/h6H,2-3H2,1H3/q+1. The van der Waals surface area contributed by atoms with E-state index in [1.165, 1.54) is 0 Å². The lowest BCUT2D eigenvalue weighted by Gasteiger charge is -2.19. The van der Waals surface area contributed by atoms with E-state index in [9.17, 15) is 9.59 Å². The van der Waals surface area contributed by atoms with E-state index < -0.39 is 6.41 Å². The Labute approximate surface area is 63.1 Å². The summed E-state index contributed by atoms with van der Waals surface area (Å²) in [6.07, 6.45) is -0.685. The molecule has 11 heavy (non-hydrogen) atoms. The summed E-state index contributed by atoms with van der Waals surface area (Å²) in [4.78, 5) is 21.5. The maximum absolute atomic E-state index is 10.7. The van der Waals surface area contributed by atoms with Crippen LogP contribution in [0.4, 0.5) is 0 Å². The fourth-order valence-electron chi connectivity index (χ4n) is 1.37. The van der Waals surface area contributed by atoms with E-state index in [2.05, 4.69) is 0 Å². The summed E-state index contributed by atoms with van der Waals surface area (Å²) in [6, 6.07) is 0. The zero-order chi connectivity index (χ0) is 8.06. The molecule has 2 heterocycles. The van der Waals surface area contributed by atoms with Gasteiger partial charge in [0.2, 0.25) is 0 Å². The van der Waals surface area contributed by atoms with Gasteiger partial charge in [-0.05, 0) is 0 Å². The first-order valence-electron chi connectivity index (χ1n) is 3.33. The first-order chi connectivity index (χ1) is 5.10. The van der Waals surface area contributed by atoms with Crippen molar-refractivity contribution in [3.05, 3.63) is 0 Å². The summed E-state index contributed by atoms with van der Waals surface area (Å²) < 4.78 is 9.75. The molecule has 0 spiro atoms. The number of nitrogens with zero attached hydrogens (tertiary/aromatic N) is 1. The highest BCUT2D eigenvalue weighted by atomic mass is 16.8. The van der Waals surface area contributed by atoms with Crippen LogP contribution >= 0.6 is 0 Å². The normalized spacial score (nSPS) is 41.7. The highest BCUT2D eigenvalue weighted by Gasteiger charge is 2.54. The van der Waals surface area contributed by atoms with Gasteiger partial charge in [-0.3, -0.25) is 0 Å². The highest BCUT2D eigenvalue weighted by Crippen LogP contribution is 2.26. The van der Waals surface area contributed by atoms with Gasteiger partial charge in [-0.1, -0.05) is 0 Å². The number of rotatable bonds is 0. The predicted molar refractivity (Wildman–Crippen MR) is 31.9 cm³/mol. The van der Waals surface area contributed by atoms with Gasteiger partial charge < -0.3 is 9.47 Å². The number of esters is 2. The summed E-state index contributed by atoms with van der Waals surface area (Å²) >= 11 is 0. The Kier molecular flexibility index (Phi) is 1.04. The Morgan fingerprint density at radius 1 is 1.27 bits per heavy atom. The monoisotopic (exact) mass is 158 g/mol. The Morgan fingerprint density at radius 2 is 1.73 bits per heavy atom. The molecule has 0 radical (unpaired) electrons. The third-order valence-electron chi connectivity index (χ3n) is 1.95. The van der Waals surface area contributed by atoms with Gasteiger partial charge in [0.25, 0.3) is 0 Å². The van der Waals surface area contributed by atoms with Crippen molar-refractivity contribution in [1.82, 2.24) is 0 Å². The van der Waals surface area contributed by atoms with Gasteiger partial charge in [0.15, 0.2) is 13.1 Å². The van der Waals surface area contributed by atoms with Crippen molar-refractivity contribution in [1.29, 1.82) is 0 Å². The molecule has 2 aliphatic rings. The highest BCUT2D eigenvalue weighted by molar-refractivity contribution is 5.76. The third-order valence-corrected chi connectivity index (χ3v) is 1.95. The molecular weight excluding hydrogens is 150 g/mol. The van der Waals surface area contributed by atoms with Gasteiger partial charge >= 0.3 is 18.4 Å². The van der Waals surface area contributed by atoms with Crippen molar-refractivity contribution in [2.75, 3.05) is 20.1 Å². The van der Waals surface area contributed by atoms with Crippen molar-refractivity contribution >= 4 is 11.9 Å². The topological polar surface area (TPSA) is 52.6 Å². The molecule has 0 aromatic heterocycles. The van der Waals surface area contributed by atoms with Crippen molar-refractivity contribution < 1.29 is 23.5 Å². The molecule has 0 aromatic carbocycles. The van der Waals surface area contributed by atoms with E-state index in [1.54, 1.807) is 7.05 Å². The number of quaternary nitrogens is 1. The van der Waals surface area contributed by atoms with Gasteiger partial charge in [-0.25, -0.2) is 14.1 Å². The molecule has 2 rings (SSSR count). The summed E-state index contributed by atoms with van der Waals surface area (Å²) in [5.74, 6) is -0.602. The van der Waals surface area contributed by atoms with E-state index in [1.807, 2.05) is 0 Å². The summed E-state index contributed by atoms with van der Waals surface area (Å²) in [5, 5.41) is 0. The van der Waals surface area contributed by atoms with Crippen molar-refractivity contribution in [3.63, 3.8) is 0 Å². The molecule has 5 heteroatoms. The summed E-state index contributed by atoms with van der Waals surface area (Å²) in [7, 11) is 1.76. The maximum atomic E-state index is 10.7. The molecule has 0 aliphatic carbocycles. The van der Waals surface area contributed by atoms with E-state index in [0.717, 1.165) is 0 Å². The smallest absolute Gasteiger partial charge is 0.372 e. The molecule has 0 amide bonds. The van der Waals surface area contributed by atoms with Crippen LogP contribution in [-0.4, -0.2) is 43.0 Å². The second-order valence-electron chi connectivity index (χ2n) is 3.08.